The van der Waals surface area contributed by atoms with Gasteiger partial charge < -0.3 is 10.2 Å². The van der Waals surface area contributed by atoms with Gasteiger partial charge in [0.1, 0.15) is 0 Å². The maximum atomic E-state index is 12.9. The zero-order valence-corrected chi connectivity index (χ0v) is 12.9. The number of fused-ring (bicyclic) bond motifs is 2. The van der Waals surface area contributed by atoms with Crippen molar-refractivity contribution in [1.82, 2.24) is 0 Å². The van der Waals surface area contributed by atoms with Crippen molar-refractivity contribution >= 4 is 21.5 Å². The van der Waals surface area contributed by atoms with Gasteiger partial charge >= 0.3 is 12.4 Å². The van der Waals surface area contributed by atoms with Crippen molar-refractivity contribution in [1.29, 1.82) is 0 Å². The molecule has 2 nitrogen and oxygen atoms in total. The summed E-state index contributed by atoms with van der Waals surface area (Å²) in [5.41, 5.74) is -0.929. The minimum absolute atomic E-state index is 0.0355. The Balaban J connectivity index is 2.31. The SMILES string of the molecule is O[C@H](c1cccc2cc3cccc([C@@H](O)C(F)(F)F)c3cc12)C(F)(F)F. The van der Waals surface area contributed by atoms with Crippen LogP contribution in [0.2, 0.25) is 0 Å². The van der Waals surface area contributed by atoms with Crippen LogP contribution in [0.4, 0.5) is 26.3 Å². The van der Waals surface area contributed by atoms with Crippen LogP contribution in [0.15, 0.2) is 48.5 Å². The molecule has 3 aromatic carbocycles. The molecule has 0 aromatic heterocycles. The topological polar surface area (TPSA) is 40.5 Å². The fraction of sp³-hybridized carbons (Fsp3) is 0.222. The predicted octanol–water partition coefficient (Wildman–Crippen LogP) is 5.18. The highest BCUT2D eigenvalue weighted by Gasteiger charge is 2.41. The van der Waals surface area contributed by atoms with Gasteiger partial charge in [0.15, 0.2) is 12.2 Å². The van der Waals surface area contributed by atoms with Crippen molar-refractivity contribution in [2.45, 2.75) is 24.6 Å². The van der Waals surface area contributed by atoms with E-state index in [4.69, 9.17) is 0 Å². The van der Waals surface area contributed by atoms with E-state index in [2.05, 4.69) is 0 Å². The fourth-order valence-electron chi connectivity index (χ4n) is 2.93. The molecular weight excluding hydrogens is 362 g/mol. The van der Waals surface area contributed by atoms with E-state index < -0.39 is 35.7 Å². The molecule has 0 aliphatic heterocycles. The molecule has 138 valence electrons. The number of aliphatic hydroxyl groups excluding tert-OH is 2. The quantitative estimate of drug-likeness (QED) is 0.479. The summed E-state index contributed by atoms with van der Waals surface area (Å²) in [6.45, 7) is 0. The second kappa shape index (κ2) is 6.14. The van der Waals surface area contributed by atoms with E-state index in [1.54, 1.807) is 0 Å². The largest absolute Gasteiger partial charge is 0.418 e. The van der Waals surface area contributed by atoms with Gasteiger partial charge in [0.25, 0.3) is 0 Å². The number of benzene rings is 3. The number of alkyl halides is 6. The normalized spacial score (nSPS) is 15.4. The lowest BCUT2D eigenvalue weighted by Crippen LogP contribution is -2.21. The molecule has 0 saturated heterocycles. The van der Waals surface area contributed by atoms with E-state index in [9.17, 15) is 36.6 Å². The summed E-state index contributed by atoms with van der Waals surface area (Å²) in [7, 11) is 0. The molecule has 0 saturated carbocycles. The first-order valence-electron chi connectivity index (χ1n) is 7.45. The third kappa shape index (κ3) is 3.22. The summed E-state index contributed by atoms with van der Waals surface area (Å²) in [5, 5.41) is 19.8. The molecule has 2 atom stereocenters. The van der Waals surface area contributed by atoms with Crippen molar-refractivity contribution in [2.24, 2.45) is 0 Å². The monoisotopic (exact) mass is 374 g/mol. The van der Waals surface area contributed by atoms with Gasteiger partial charge in [0.2, 0.25) is 0 Å². The molecule has 0 heterocycles. The Morgan fingerprint density at radius 3 is 1.35 bits per heavy atom. The van der Waals surface area contributed by atoms with Crippen LogP contribution in [0, 0.1) is 0 Å². The van der Waals surface area contributed by atoms with Crippen LogP contribution in [0.1, 0.15) is 23.3 Å². The maximum absolute atomic E-state index is 12.9. The molecule has 2 N–H and O–H groups in total. The van der Waals surface area contributed by atoms with E-state index in [1.165, 1.54) is 30.3 Å². The molecule has 0 aliphatic carbocycles. The molecule has 0 spiro atoms. The standard InChI is InChI=1S/C18H12F6O2/c19-17(20,21)15(25)11-5-1-3-9-7-10-4-2-6-12(14(10)8-13(9)11)16(26)18(22,23)24/h1-8,15-16,25-26H/t15-,16-/m1/s1. The molecule has 0 radical (unpaired) electrons. The van der Waals surface area contributed by atoms with Crippen LogP contribution in [-0.4, -0.2) is 22.6 Å². The summed E-state index contributed by atoms with van der Waals surface area (Å²) in [4.78, 5) is 0. The van der Waals surface area contributed by atoms with Crippen molar-refractivity contribution in [2.75, 3.05) is 0 Å². The molecule has 0 fully saturated rings. The first kappa shape index (κ1) is 18.5. The lowest BCUT2D eigenvalue weighted by Gasteiger charge is -2.19. The summed E-state index contributed by atoms with van der Waals surface area (Å²) >= 11 is 0. The highest BCUT2D eigenvalue weighted by molar-refractivity contribution is 6.01. The van der Waals surface area contributed by atoms with Crippen molar-refractivity contribution in [3.05, 3.63) is 59.7 Å². The number of rotatable bonds is 2. The van der Waals surface area contributed by atoms with E-state index in [0.717, 1.165) is 18.2 Å². The Labute approximate surface area is 143 Å². The van der Waals surface area contributed by atoms with E-state index in [1.807, 2.05) is 0 Å². The molecular formula is C18H12F6O2. The van der Waals surface area contributed by atoms with Gasteiger partial charge in [-0.2, -0.15) is 26.3 Å². The highest BCUT2D eigenvalue weighted by Crippen LogP contribution is 2.40. The highest BCUT2D eigenvalue weighted by atomic mass is 19.4. The van der Waals surface area contributed by atoms with Crippen LogP contribution in [-0.2, 0) is 0 Å². The lowest BCUT2D eigenvalue weighted by molar-refractivity contribution is -0.206. The van der Waals surface area contributed by atoms with Crippen LogP contribution in [0.5, 0.6) is 0 Å². The van der Waals surface area contributed by atoms with E-state index >= 15 is 0 Å². The number of hydrogen-bond donors (Lipinski definition) is 2. The first-order chi connectivity index (χ1) is 12.0. The summed E-state index contributed by atoms with van der Waals surface area (Å²) in [5.74, 6) is 0. The second-order valence-corrected chi connectivity index (χ2v) is 5.88. The van der Waals surface area contributed by atoms with Crippen LogP contribution < -0.4 is 0 Å². The third-order valence-corrected chi connectivity index (χ3v) is 4.16. The summed E-state index contributed by atoms with van der Waals surface area (Å²) in [6, 6.07) is 10.3. The van der Waals surface area contributed by atoms with Gasteiger partial charge in [-0.1, -0.05) is 36.4 Å². The lowest BCUT2D eigenvalue weighted by atomic mass is 9.93. The van der Waals surface area contributed by atoms with Crippen molar-refractivity contribution < 1.29 is 36.6 Å². The van der Waals surface area contributed by atoms with Gasteiger partial charge in [-0.3, -0.25) is 0 Å². The van der Waals surface area contributed by atoms with Crippen molar-refractivity contribution in [3.63, 3.8) is 0 Å². The number of hydrogen-bond acceptors (Lipinski definition) is 2. The average Bonchev–Trinajstić information content (AvgIpc) is 2.56. The van der Waals surface area contributed by atoms with E-state index in [0.29, 0.717) is 10.8 Å². The zero-order valence-electron chi connectivity index (χ0n) is 12.9. The average molecular weight is 374 g/mol. The Hall–Kier alpha value is -2.32. The molecule has 0 unspecified atom stereocenters. The number of halogens is 6. The Bertz CT molecular complexity index is 886. The fourth-order valence-corrected chi connectivity index (χ4v) is 2.93. The minimum Gasteiger partial charge on any atom is -0.379 e. The van der Waals surface area contributed by atoms with Crippen molar-refractivity contribution in [3.8, 4) is 0 Å². The molecule has 3 aromatic rings. The zero-order chi connectivity index (χ0) is 19.3. The smallest absolute Gasteiger partial charge is 0.379 e. The molecule has 0 aliphatic rings. The third-order valence-electron chi connectivity index (χ3n) is 4.16. The maximum Gasteiger partial charge on any atom is 0.418 e. The second-order valence-electron chi connectivity index (χ2n) is 5.88. The predicted molar refractivity (Wildman–Crippen MR) is 83.5 cm³/mol. The molecule has 0 amide bonds. The van der Waals surface area contributed by atoms with Gasteiger partial charge in [0.05, 0.1) is 0 Å². The molecule has 0 bridgehead atoms. The van der Waals surface area contributed by atoms with E-state index in [-0.39, 0.29) is 10.8 Å². The molecule has 3 rings (SSSR count). The molecule has 26 heavy (non-hydrogen) atoms. The summed E-state index contributed by atoms with van der Waals surface area (Å²) < 4.78 is 77.4. The molecule has 8 heteroatoms. The Kier molecular flexibility index (Phi) is 4.36. The van der Waals surface area contributed by atoms with Gasteiger partial charge in [-0.25, -0.2) is 0 Å². The van der Waals surface area contributed by atoms with Gasteiger partial charge in [-0.15, -0.1) is 0 Å². The summed E-state index contributed by atoms with van der Waals surface area (Å²) in [6.07, 6.45) is -15.4. The first-order valence-corrected chi connectivity index (χ1v) is 7.45. The Morgan fingerprint density at radius 2 is 1.00 bits per heavy atom. The van der Waals surface area contributed by atoms with Crippen LogP contribution in [0.3, 0.4) is 0 Å². The Morgan fingerprint density at radius 1 is 0.615 bits per heavy atom. The van der Waals surface area contributed by atoms with Gasteiger partial charge in [0, 0.05) is 0 Å². The van der Waals surface area contributed by atoms with Crippen LogP contribution in [0.25, 0.3) is 21.5 Å². The van der Waals surface area contributed by atoms with Crippen LogP contribution >= 0.6 is 0 Å². The van der Waals surface area contributed by atoms with Gasteiger partial charge in [-0.05, 0) is 44.8 Å². The minimum atomic E-state index is -4.92. The number of aliphatic hydroxyl groups is 2.